The molecule has 6 N–H and O–H groups in total. The third-order valence-corrected chi connectivity index (χ3v) is 3.00. The van der Waals surface area contributed by atoms with Crippen molar-refractivity contribution in [3.8, 4) is 5.75 Å². The molecular formula is C15H18O8. The van der Waals surface area contributed by atoms with Crippen molar-refractivity contribution in [2.75, 3.05) is 6.61 Å². The fraction of sp³-hybridized carbons (Fsp3) is 0.333. The largest absolute Gasteiger partial charge is 0.508 e. The van der Waals surface area contributed by atoms with E-state index in [1.54, 1.807) is 0 Å². The molecule has 0 aliphatic carbocycles. The number of Topliss-reactive ketones (excluding diaryl/α,β-unsaturated/α-hetero) is 1. The predicted octanol–water partition coefficient (Wildman–Crippen LogP) is -2.02. The highest BCUT2D eigenvalue weighted by atomic mass is 16.4. The van der Waals surface area contributed by atoms with Gasteiger partial charge in [0.1, 0.15) is 30.2 Å². The summed E-state index contributed by atoms with van der Waals surface area (Å²) in [5.74, 6) is -2.84. The molecular weight excluding hydrogens is 308 g/mol. The molecule has 0 saturated heterocycles. The minimum Gasteiger partial charge on any atom is -0.508 e. The smallest absolute Gasteiger partial charge is 0.233 e. The Balaban J connectivity index is 2.84. The molecule has 1 rings (SSSR count). The Kier molecular flexibility index (Phi) is 6.39. The number of phenols is 1. The van der Waals surface area contributed by atoms with Crippen LogP contribution in [0.25, 0.3) is 6.05 Å². The zero-order valence-electron chi connectivity index (χ0n) is 12.9. The lowest BCUT2D eigenvalue weighted by molar-refractivity contribution is -0.152. The molecule has 0 amide bonds. The Bertz CT molecular complexity index is 612. The first-order valence-electron chi connectivity index (χ1n) is 7.08. The molecule has 0 saturated carbocycles. The number of aliphatic hydroxyl groups is 5. The SMILES string of the molecule is [2H]/C(=C\C(=O)C(=O)[C@H](O)[C@@H](O)[C@H](O)[C@H](O)CO)c1ccc(O)cc1. The first kappa shape index (κ1) is 17.3. The second kappa shape index (κ2) is 8.51. The number of hydrogen-bond donors (Lipinski definition) is 6. The summed E-state index contributed by atoms with van der Waals surface area (Å²) in [5, 5.41) is 55.5. The van der Waals surface area contributed by atoms with E-state index < -0.39 is 42.6 Å². The van der Waals surface area contributed by atoms with Crippen LogP contribution in [0.15, 0.2) is 30.3 Å². The van der Waals surface area contributed by atoms with E-state index in [4.69, 9.17) is 16.7 Å². The molecule has 0 unspecified atom stereocenters. The summed E-state index contributed by atoms with van der Waals surface area (Å²) in [6.45, 7) is -0.926. The molecule has 0 bridgehead atoms. The molecule has 0 aliphatic heterocycles. The fourth-order valence-corrected chi connectivity index (χ4v) is 1.60. The summed E-state index contributed by atoms with van der Waals surface area (Å²) in [5.41, 5.74) is 0.222. The lowest BCUT2D eigenvalue weighted by Crippen LogP contribution is -2.49. The molecule has 0 fully saturated rings. The topological polar surface area (TPSA) is 156 Å². The molecule has 0 aromatic heterocycles. The van der Waals surface area contributed by atoms with Crippen molar-refractivity contribution in [2.45, 2.75) is 24.4 Å². The Morgan fingerprint density at radius 1 is 1.09 bits per heavy atom. The van der Waals surface area contributed by atoms with Crippen LogP contribution in [0.1, 0.15) is 6.93 Å². The van der Waals surface area contributed by atoms with Crippen LogP contribution in [-0.4, -0.2) is 73.2 Å². The van der Waals surface area contributed by atoms with Crippen molar-refractivity contribution in [1.29, 1.82) is 0 Å². The Morgan fingerprint density at radius 2 is 1.65 bits per heavy atom. The van der Waals surface area contributed by atoms with E-state index in [2.05, 4.69) is 0 Å². The average Bonchev–Trinajstić information content (AvgIpc) is 2.58. The number of carbonyl (C=O) groups is 2. The summed E-state index contributed by atoms with van der Waals surface area (Å²) in [7, 11) is 0. The van der Waals surface area contributed by atoms with Gasteiger partial charge in [-0.25, -0.2) is 0 Å². The second-order valence-electron chi connectivity index (χ2n) is 4.74. The standard InChI is InChI=1S/C15H18O8/c16-7-11(19)13(21)15(23)14(22)12(20)10(18)6-3-8-1-4-9(17)5-2-8/h1-6,11,13-17,19,21-23H,7H2/b6-3+/t11-,13-,14+,15+/m1/s1/i3D. The minimum absolute atomic E-state index is 0.0519. The van der Waals surface area contributed by atoms with Crippen molar-refractivity contribution < 1.29 is 41.6 Å². The number of benzene rings is 1. The average molecular weight is 327 g/mol. The zero-order chi connectivity index (χ0) is 18.4. The van der Waals surface area contributed by atoms with E-state index in [-0.39, 0.29) is 17.4 Å². The van der Waals surface area contributed by atoms with Gasteiger partial charge in [0.15, 0.2) is 0 Å². The molecule has 8 heteroatoms. The lowest BCUT2D eigenvalue weighted by atomic mass is 9.98. The highest BCUT2D eigenvalue weighted by Crippen LogP contribution is 2.11. The fourth-order valence-electron chi connectivity index (χ4n) is 1.60. The molecule has 1 aromatic rings. The van der Waals surface area contributed by atoms with Crippen LogP contribution in [0, 0.1) is 0 Å². The number of rotatable bonds is 8. The van der Waals surface area contributed by atoms with Gasteiger partial charge in [-0.2, -0.15) is 0 Å². The van der Waals surface area contributed by atoms with Gasteiger partial charge in [0.05, 0.1) is 7.98 Å². The third-order valence-electron chi connectivity index (χ3n) is 3.00. The summed E-state index contributed by atoms with van der Waals surface area (Å²) in [6.07, 6.45) is -7.77. The van der Waals surface area contributed by atoms with E-state index >= 15 is 0 Å². The molecule has 1 aromatic carbocycles. The molecule has 0 heterocycles. The molecule has 4 atom stereocenters. The van der Waals surface area contributed by atoms with Gasteiger partial charge in [0.2, 0.25) is 11.6 Å². The van der Waals surface area contributed by atoms with E-state index in [0.717, 1.165) is 0 Å². The van der Waals surface area contributed by atoms with Gasteiger partial charge in [0, 0.05) is 0 Å². The lowest BCUT2D eigenvalue weighted by Gasteiger charge is -2.24. The molecule has 0 spiro atoms. The number of aliphatic hydroxyl groups excluding tert-OH is 5. The van der Waals surface area contributed by atoms with Crippen molar-refractivity contribution >= 4 is 17.6 Å². The van der Waals surface area contributed by atoms with Gasteiger partial charge in [-0.05, 0) is 23.8 Å². The number of hydrogen-bond acceptors (Lipinski definition) is 8. The van der Waals surface area contributed by atoms with Crippen LogP contribution in [0.5, 0.6) is 5.75 Å². The van der Waals surface area contributed by atoms with Crippen LogP contribution >= 0.6 is 0 Å². The molecule has 126 valence electrons. The van der Waals surface area contributed by atoms with Gasteiger partial charge in [-0.3, -0.25) is 9.59 Å². The van der Waals surface area contributed by atoms with Gasteiger partial charge in [-0.15, -0.1) is 0 Å². The minimum atomic E-state index is -2.34. The quantitative estimate of drug-likeness (QED) is 0.236. The van der Waals surface area contributed by atoms with Gasteiger partial charge in [-0.1, -0.05) is 18.2 Å². The summed E-state index contributed by atoms with van der Waals surface area (Å²) < 4.78 is 7.68. The van der Waals surface area contributed by atoms with Crippen LogP contribution in [0.2, 0.25) is 0 Å². The van der Waals surface area contributed by atoms with Crippen LogP contribution in [0.4, 0.5) is 0 Å². The van der Waals surface area contributed by atoms with E-state index in [9.17, 15) is 24.9 Å². The first-order chi connectivity index (χ1) is 11.2. The number of ketones is 2. The van der Waals surface area contributed by atoms with Gasteiger partial charge < -0.3 is 30.6 Å². The van der Waals surface area contributed by atoms with Crippen molar-refractivity contribution in [3.05, 3.63) is 35.9 Å². The molecule has 8 nitrogen and oxygen atoms in total. The van der Waals surface area contributed by atoms with E-state index in [0.29, 0.717) is 6.08 Å². The second-order valence-corrected chi connectivity index (χ2v) is 4.74. The van der Waals surface area contributed by atoms with Crippen molar-refractivity contribution in [3.63, 3.8) is 0 Å². The van der Waals surface area contributed by atoms with Crippen LogP contribution < -0.4 is 0 Å². The monoisotopic (exact) mass is 327 g/mol. The van der Waals surface area contributed by atoms with E-state index in [1.807, 2.05) is 0 Å². The maximum atomic E-state index is 11.7. The number of allylic oxidation sites excluding steroid dienone is 1. The first-order valence-corrected chi connectivity index (χ1v) is 6.58. The highest BCUT2D eigenvalue weighted by Gasteiger charge is 2.35. The number of phenolic OH excluding ortho intramolecular Hbond substituents is 1. The van der Waals surface area contributed by atoms with Gasteiger partial charge in [0.25, 0.3) is 0 Å². The van der Waals surface area contributed by atoms with Crippen LogP contribution in [0.3, 0.4) is 0 Å². The summed E-state index contributed by atoms with van der Waals surface area (Å²) >= 11 is 0. The highest BCUT2D eigenvalue weighted by molar-refractivity contribution is 6.43. The van der Waals surface area contributed by atoms with Crippen molar-refractivity contribution in [1.82, 2.24) is 0 Å². The Hall–Kier alpha value is -2.10. The van der Waals surface area contributed by atoms with Gasteiger partial charge >= 0.3 is 0 Å². The van der Waals surface area contributed by atoms with E-state index in [1.165, 1.54) is 24.3 Å². The van der Waals surface area contributed by atoms with Crippen molar-refractivity contribution in [2.24, 2.45) is 0 Å². The zero-order valence-corrected chi connectivity index (χ0v) is 11.9. The maximum Gasteiger partial charge on any atom is 0.233 e. The molecule has 23 heavy (non-hydrogen) atoms. The number of carbonyl (C=O) groups excluding carboxylic acids is 2. The predicted molar refractivity (Wildman–Crippen MR) is 78.3 cm³/mol. The number of aromatic hydroxyl groups is 1. The normalized spacial score (nSPS) is 17.8. The Morgan fingerprint density at radius 3 is 2.17 bits per heavy atom. The summed E-state index contributed by atoms with van der Waals surface area (Å²) in [6, 6.07) is 4.84. The third kappa shape index (κ3) is 5.23. The Labute approximate surface area is 133 Å². The molecule has 0 radical (unpaired) electrons. The molecule has 0 aliphatic rings. The maximum absolute atomic E-state index is 11.7. The van der Waals surface area contributed by atoms with Crippen LogP contribution in [-0.2, 0) is 9.59 Å². The summed E-state index contributed by atoms with van der Waals surface area (Å²) in [4.78, 5) is 23.5.